The largest absolute Gasteiger partial charge is 0.297 e. The average molecular weight is 194 g/mol. The molecule has 3 aliphatic heterocycles. The maximum atomic E-state index is 11.8. The van der Waals surface area contributed by atoms with Crippen LogP contribution in [0.5, 0.6) is 0 Å². The van der Waals surface area contributed by atoms with Crippen LogP contribution in [0.4, 0.5) is 0 Å². The molecule has 2 bridgehead atoms. The number of hydrogen-bond donors (Lipinski definition) is 1. The molecule has 1 N–H and O–H groups in total. The van der Waals surface area contributed by atoms with Crippen LogP contribution in [0.25, 0.3) is 0 Å². The second-order valence-electron chi connectivity index (χ2n) is 4.52. The molecule has 4 fully saturated rings. The summed E-state index contributed by atoms with van der Waals surface area (Å²) in [6.07, 6.45) is 3.61. The highest BCUT2D eigenvalue weighted by Gasteiger charge is 2.51. The second kappa shape index (κ2) is 2.79. The number of carbonyl (C=O) groups excluding carboxylic acids is 2. The molecule has 4 nitrogen and oxygen atoms in total. The van der Waals surface area contributed by atoms with Crippen molar-refractivity contribution in [2.75, 3.05) is 6.54 Å². The minimum atomic E-state index is 0.000556. The summed E-state index contributed by atoms with van der Waals surface area (Å²) in [5.74, 6) is 0.439. The molecular formula is C10H14N2O2. The van der Waals surface area contributed by atoms with E-state index >= 15 is 0 Å². The van der Waals surface area contributed by atoms with Gasteiger partial charge < -0.3 is 0 Å². The van der Waals surface area contributed by atoms with Crippen molar-refractivity contribution in [3.8, 4) is 0 Å². The van der Waals surface area contributed by atoms with E-state index in [4.69, 9.17) is 0 Å². The van der Waals surface area contributed by atoms with Gasteiger partial charge in [0.05, 0.1) is 6.17 Å². The zero-order valence-electron chi connectivity index (χ0n) is 8.03. The van der Waals surface area contributed by atoms with Crippen LogP contribution >= 0.6 is 0 Å². The molecule has 2 amide bonds. The third-order valence-electron chi connectivity index (χ3n) is 3.66. The van der Waals surface area contributed by atoms with Crippen LogP contribution in [0.2, 0.25) is 0 Å². The lowest BCUT2D eigenvalue weighted by Crippen LogP contribution is -2.61. The van der Waals surface area contributed by atoms with E-state index in [9.17, 15) is 9.59 Å². The number of fused-ring (bicyclic) bond motifs is 2. The van der Waals surface area contributed by atoms with Crippen molar-refractivity contribution >= 4 is 11.8 Å². The number of hydrogen-bond acceptors (Lipinski definition) is 3. The Hall–Kier alpha value is -0.900. The van der Waals surface area contributed by atoms with Gasteiger partial charge in [-0.3, -0.25) is 19.8 Å². The maximum Gasteiger partial charge on any atom is 0.233 e. The zero-order valence-corrected chi connectivity index (χ0v) is 8.03. The standard InChI is InChI=1S/C10H14N2O2/c13-9-6-4-7(5-6)10(14)12(9)8-2-1-3-11-8/h6-8,11H,1-5H2. The van der Waals surface area contributed by atoms with Crippen LogP contribution in [0.3, 0.4) is 0 Å². The Kier molecular flexibility index (Phi) is 1.68. The monoisotopic (exact) mass is 194 g/mol. The second-order valence-corrected chi connectivity index (χ2v) is 4.52. The number of imide groups is 1. The Labute approximate surface area is 82.6 Å². The van der Waals surface area contributed by atoms with Gasteiger partial charge in [0.1, 0.15) is 0 Å². The van der Waals surface area contributed by atoms with Crippen molar-refractivity contribution in [3.05, 3.63) is 0 Å². The van der Waals surface area contributed by atoms with Crippen LogP contribution in [0.15, 0.2) is 0 Å². The molecule has 1 atom stereocenters. The molecule has 1 aliphatic carbocycles. The van der Waals surface area contributed by atoms with E-state index in [1.807, 2.05) is 0 Å². The Morgan fingerprint density at radius 1 is 1.14 bits per heavy atom. The van der Waals surface area contributed by atoms with Crippen LogP contribution in [-0.4, -0.2) is 29.4 Å². The van der Waals surface area contributed by atoms with Crippen molar-refractivity contribution in [1.82, 2.24) is 10.2 Å². The molecule has 0 aromatic carbocycles. The zero-order chi connectivity index (χ0) is 9.71. The average Bonchev–Trinajstić information content (AvgIpc) is 2.53. The Balaban J connectivity index is 1.83. The van der Waals surface area contributed by atoms with Gasteiger partial charge in [0.2, 0.25) is 11.8 Å². The molecule has 76 valence electrons. The fraction of sp³-hybridized carbons (Fsp3) is 0.800. The summed E-state index contributed by atoms with van der Waals surface area (Å²) in [5, 5.41) is 3.21. The topological polar surface area (TPSA) is 49.4 Å². The molecule has 14 heavy (non-hydrogen) atoms. The molecule has 4 rings (SSSR count). The van der Waals surface area contributed by atoms with Crippen LogP contribution < -0.4 is 5.32 Å². The summed E-state index contributed by atoms with van der Waals surface area (Å²) in [7, 11) is 0. The van der Waals surface area contributed by atoms with E-state index in [2.05, 4.69) is 5.32 Å². The normalized spacial score (nSPS) is 41.4. The lowest BCUT2D eigenvalue weighted by Gasteiger charge is -2.46. The third-order valence-corrected chi connectivity index (χ3v) is 3.66. The number of piperidine rings is 2. The number of nitrogens with zero attached hydrogens (tertiary/aromatic N) is 1. The van der Waals surface area contributed by atoms with Gasteiger partial charge in [-0.25, -0.2) is 0 Å². The van der Waals surface area contributed by atoms with Gasteiger partial charge in [0, 0.05) is 11.8 Å². The maximum absolute atomic E-state index is 11.8. The molecule has 3 saturated heterocycles. The molecular weight excluding hydrogens is 180 g/mol. The van der Waals surface area contributed by atoms with Crippen LogP contribution in [0.1, 0.15) is 25.7 Å². The molecule has 0 aromatic heterocycles. The lowest BCUT2D eigenvalue weighted by molar-refractivity contribution is -0.168. The number of rotatable bonds is 1. The van der Waals surface area contributed by atoms with Gasteiger partial charge in [-0.1, -0.05) is 0 Å². The summed E-state index contributed by atoms with van der Waals surface area (Å²) in [5.41, 5.74) is 0. The first-order valence-electron chi connectivity index (χ1n) is 5.37. The SMILES string of the molecule is O=C1C2CC(C2)C(=O)N1C1CCCN1. The minimum absolute atomic E-state index is 0.000556. The summed E-state index contributed by atoms with van der Waals surface area (Å²) >= 11 is 0. The number of nitrogens with one attached hydrogen (secondary N) is 1. The predicted molar refractivity (Wildman–Crippen MR) is 49.1 cm³/mol. The first-order chi connectivity index (χ1) is 6.77. The Morgan fingerprint density at radius 2 is 1.79 bits per heavy atom. The van der Waals surface area contributed by atoms with E-state index in [1.54, 1.807) is 0 Å². The van der Waals surface area contributed by atoms with Crippen molar-refractivity contribution in [2.24, 2.45) is 11.8 Å². The fourth-order valence-electron chi connectivity index (χ4n) is 2.72. The van der Waals surface area contributed by atoms with Crippen molar-refractivity contribution in [3.63, 3.8) is 0 Å². The fourth-order valence-corrected chi connectivity index (χ4v) is 2.72. The quantitative estimate of drug-likeness (QED) is 0.602. The van der Waals surface area contributed by atoms with E-state index in [-0.39, 0.29) is 29.8 Å². The van der Waals surface area contributed by atoms with Crippen LogP contribution in [0, 0.1) is 11.8 Å². The molecule has 4 aliphatic rings. The van der Waals surface area contributed by atoms with Gasteiger partial charge in [0.25, 0.3) is 0 Å². The summed E-state index contributed by atoms with van der Waals surface area (Å²) in [6, 6.07) is 0. The summed E-state index contributed by atoms with van der Waals surface area (Å²) in [6.45, 7) is 0.928. The Bertz CT molecular complexity index is 270. The summed E-state index contributed by atoms with van der Waals surface area (Å²) in [4.78, 5) is 25.1. The Morgan fingerprint density at radius 3 is 2.29 bits per heavy atom. The highest BCUT2D eigenvalue weighted by atomic mass is 16.2. The van der Waals surface area contributed by atoms with Gasteiger partial charge in [-0.15, -0.1) is 0 Å². The molecule has 1 saturated carbocycles. The number of amides is 2. The summed E-state index contributed by atoms with van der Waals surface area (Å²) < 4.78 is 0. The smallest absolute Gasteiger partial charge is 0.233 e. The molecule has 1 unspecified atom stereocenters. The van der Waals surface area contributed by atoms with Gasteiger partial charge in [-0.05, 0) is 32.2 Å². The highest BCUT2D eigenvalue weighted by Crippen LogP contribution is 2.42. The molecule has 0 radical (unpaired) electrons. The molecule has 4 heteroatoms. The van der Waals surface area contributed by atoms with Crippen LogP contribution in [-0.2, 0) is 9.59 Å². The van der Waals surface area contributed by atoms with Crippen molar-refractivity contribution in [2.45, 2.75) is 31.8 Å². The van der Waals surface area contributed by atoms with E-state index in [0.717, 1.165) is 32.2 Å². The first-order valence-corrected chi connectivity index (χ1v) is 5.37. The first kappa shape index (κ1) is 8.41. The minimum Gasteiger partial charge on any atom is -0.297 e. The number of carbonyl (C=O) groups is 2. The van der Waals surface area contributed by atoms with Gasteiger partial charge >= 0.3 is 0 Å². The molecule has 3 heterocycles. The highest BCUT2D eigenvalue weighted by molar-refractivity contribution is 6.03. The van der Waals surface area contributed by atoms with Gasteiger partial charge in [0.15, 0.2) is 0 Å². The molecule has 0 aromatic rings. The molecule has 0 spiro atoms. The van der Waals surface area contributed by atoms with Gasteiger partial charge in [-0.2, -0.15) is 0 Å². The van der Waals surface area contributed by atoms with E-state index < -0.39 is 0 Å². The lowest BCUT2D eigenvalue weighted by atomic mass is 9.70. The van der Waals surface area contributed by atoms with Crippen molar-refractivity contribution < 1.29 is 9.59 Å². The predicted octanol–water partition coefficient (Wildman–Crippen LogP) is 0.0909. The van der Waals surface area contributed by atoms with Crippen molar-refractivity contribution in [1.29, 1.82) is 0 Å². The van der Waals surface area contributed by atoms with E-state index in [0.29, 0.717) is 0 Å². The third kappa shape index (κ3) is 0.974. The van der Waals surface area contributed by atoms with E-state index in [1.165, 1.54) is 4.90 Å².